The van der Waals surface area contributed by atoms with Crippen molar-refractivity contribution in [3.8, 4) is 0 Å². The van der Waals surface area contributed by atoms with Gasteiger partial charge in [0.1, 0.15) is 0 Å². The van der Waals surface area contributed by atoms with Crippen molar-refractivity contribution in [2.45, 2.75) is 59.3 Å². The normalized spacial score (nSPS) is 13.5. The van der Waals surface area contributed by atoms with E-state index < -0.39 is 0 Å². The number of fused-ring (bicyclic) bond motifs is 1. The van der Waals surface area contributed by atoms with Crippen LogP contribution in [0.15, 0.2) is 42.5 Å². The summed E-state index contributed by atoms with van der Waals surface area (Å²) in [4.78, 5) is 0. The molecule has 120 valence electrons. The molecule has 0 saturated carbocycles. The minimum Gasteiger partial charge on any atom is -0.0651 e. The highest BCUT2D eigenvalue weighted by molar-refractivity contribution is 5.97. The zero-order valence-corrected chi connectivity index (χ0v) is 14.8. The molecule has 0 N–H and O–H groups in total. The van der Waals surface area contributed by atoms with Crippen LogP contribution in [0.25, 0.3) is 11.1 Å². The van der Waals surface area contributed by atoms with E-state index in [4.69, 9.17) is 0 Å². The Bertz CT molecular complexity index is 719. The lowest BCUT2D eigenvalue weighted by Crippen LogP contribution is -2.01. The van der Waals surface area contributed by atoms with Crippen LogP contribution in [0.3, 0.4) is 0 Å². The van der Waals surface area contributed by atoms with Gasteiger partial charge in [0.05, 0.1) is 0 Å². The van der Waals surface area contributed by atoms with Gasteiger partial charge in [-0.05, 0) is 64.6 Å². The van der Waals surface area contributed by atoms with Crippen molar-refractivity contribution in [2.24, 2.45) is 0 Å². The van der Waals surface area contributed by atoms with Crippen molar-refractivity contribution in [3.63, 3.8) is 0 Å². The average molecular weight is 304 g/mol. The van der Waals surface area contributed by atoms with Crippen molar-refractivity contribution in [1.82, 2.24) is 0 Å². The van der Waals surface area contributed by atoms with Crippen LogP contribution in [0.5, 0.6) is 0 Å². The molecule has 3 rings (SSSR count). The van der Waals surface area contributed by atoms with E-state index in [-0.39, 0.29) is 0 Å². The minimum atomic E-state index is 1.10. The first-order valence-corrected chi connectivity index (χ1v) is 9.21. The summed E-state index contributed by atoms with van der Waals surface area (Å²) < 4.78 is 0. The molecule has 0 fully saturated rings. The second kappa shape index (κ2) is 7.17. The molecule has 0 radical (unpaired) electrons. The van der Waals surface area contributed by atoms with Crippen LogP contribution in [0.4, 0.5) is 0 Å². The van der Waals surface area contributed by atoms with E-state index in [9.17, 15) is 0 Å². The maximum absolute atomic E-state index is 2.36. The monoisotopic (exact) mass is 304 g/mol. The van der Waals surface area contributed by atoms with Crippen LogP contribution in [-0.4, -0.2) is 0 Å². The fraction of sp³-hybridized carbons (Fsp3) is 0.391. The second-order valence-corrected chi connectivity index (χ2v) is 6.59. The molecule has 0 atom stereocenters. The number of allylic oxidation sites excluding steroid dienone is 2. The van der Waals surface area contributed by atoms with Crippen LogP contribution in [-0.2, 0) is 19.3 Å². The molecular weight excluding hydrogens is 276 g/mol. The quantitative estimate of drug-likeness (QED) is 0.574. The van der Waals surface area contributed by atoms with Crippen molar-refractivity contribution in [3.05, 3.63) is 70.3 Å². The molecule has 0 unspecified atom stereocenters. The number of hydrogen-bond donors (Lipinski definition) is 0. The number of benzene rings is 2. The van der Waals surface area contributed by atoms with E-state index in [0.717, 1.165) is 12.8 Å². The van der Waals surface area contributed by atoms with Gasteiger partial charge in [-0.3, -0.25) is 0 Å². The van der Waals surface area contributed by atoms with Crippen LogP contribution in [0.1, 0.15) is 67.9 Å². The van der Waals surface area contributed by atoms with Gasteiger partial charge in [0.15, 0.2) is 0 Å². The topological polar surface area (TPSA) is 0 Å². The van der Waals surface area contributed by atoms with Crippen molar-refractivity contribution < 1.29 is 0 Å². The molecule has 2 aromatic rings. The van der Waals surface area contributed by atoms with E-state index >= 15 is 0 Å². The third kappa shape index (κ3) is 3.00. The molecule has 0 amide bonds. The largest absolute Gasteiger partial charge is 0.0651 e. The predicted molar refractivity (Wildman–Crippen MR) is 102 cm³/mol. The fourth-order valence-electron chi connectivity index (χ4n) is 4.06. The predicted octanol–water partition coefficient (Wildman–Crippen LogP) is 6.47. The average Bonchev–Trinajstić information content (AvgIpc) is 2.95. The van der Waals surface area contributed by atoms with Gasteiger partial charge < -0.3 is 0 Å². The molecule has 23 heavy (non-hydrogen) atoms. The van der Waals surface area contributed by atoms with Crippen LogP contribution in [0, 0.1) is 0 Å². The highest BCUT2D eigenvalue weighted by Crippen LogP contribution is 2.41. The SMILES string of the molecule is CCCc1cccc(C2=C(CC)c3ccccc3C2)c1CCC. The molecule has 2 aromatic carbocycles. The van der Waals surface area contributed by atoms with Gasteiger partial charge in [-0.1, -0.05) is 76.1 Å². The Balaban J connectivity index is 2.13. The first-order valence-electron chi connectivity index (χ1n) is 9.21. The van der Waals surface area contributed by atoms with Crippen molar-refractivity contribution >= 4 is 11.1 Å². The van der Waals surface area contributed by atoms with Gasteiger partial charge in [0, 0.05) is 0 Å². The lowest BCUT2D eigenvalue weighted by Gasteiger charge is -2.16. The molecule has 1 aliphatic rings. The molecule has 1 aliphatic carbocycles. The highest BCUT2D eigenvalue weighted by atomic mass is 14.3. The molecule has 0 heteroatoms. The summed E-state index contributed by atoms with van der Waals surface area (Å²) >= 11 is 0. The lowest BCUT2D eigenvalue weighted by atomic mass is 9.88. The molecule has 0 aromatic heterocycles. The fourth-order valence-corrected chi connectivity index (χ4v) is 4.06. The van der Waals surface area contributed by atoms with E-state index in [2.05, 4.69) is 63.2 Å². The molecule has 0 nitrogen and oxygen atoms in total. The zero-order valence-electron chi connectivity index (χ0n) is 14.8. The first-order chi connectivity index (χ1) is 11.3. The Morgan fingerprint density at radius 1 is 0.783 bits per heavy atom. The van der Waals surface area contributed by atoms with Gasteiger partial charge in [0.25, 0.3) is 0 Å². The van der Waals surface area contributed by atoms with Gasteiger partial charge in [-0.2, -0.15) is 0 Å². The van der Waals surface area contributed by atoms with E-state index in [1.165, 1.54) is 42.4 Å². The third-order valence-corrected chi connectivity index (χ3v) is 5.05. The van der Waals surface area contributed by atoms with Crippen molar-refractivity contribution in [1.29, 1.82) is 0 Å². The number of rotatable bonds is 6. The zero-order chi connectivity index (χ0) is 16.2. The number of hydrogen-bond acceptors (Lipinski definition) is 0. The van der Waals surface area contributed by atoms with Crippen LogP contribution < -0.4 is 0 Å². The minimum absolute atomic E-state index is 1.10. The van der Waals surface area contributed by atoms with Gasteiger partial charge >= 0.3 is 0 Å². The summed E-state index contributed by atoms with van der Waals surface area (Å²) in [6.45, 7) is 6.88. The summed E-state index contributed by atoms with van der Waals surface area (Å²) in [5.74, 6) is 0. The van der Waals surface area contributed by atoms with Gasteiger partial charge in [0.2, 0.25) is 0 Å². The molecule has 0 aliphatic heterocycles. The Kier molecular flexibility index (Phi) is 5.00. The number of aryl methyl sites for hydroxylation is 1. The second-order valence-electron chi connectivity index (χ2n) is 6.59. The first kappa shape index (κ1) is 16.1. The smallest absolute Gasteiger partial charge is 0.00107 e. The van der Waals surface area contributed by atoms with Crippen LogP contribution >= 0.6 is 0 Å². The van der Waals surface area contributed by atoms with E-state index in [0.29, 0.717) is 0 Å². The molecular formula is C23H28. The maximum Gasteiger partial charge on any atom is -0.00107 e. The summed E-state index contributed by atoms with van der Waals surface area (Å²) in [7, 11) is 0. The Hall–Kier alpha value is -1.82. The highest BCUT2D eigenvalue weighted by Gasteiger charge is 2.23. The Labute approximate surface area is 141 Å². The summed E-state index contributed by atoms with van der Waals surface area (Å²) in [5, 5.41) is 0. The van der Waals surface area contributed by atoms with Gasteiger partial charge in [-0.25, -0.2) is 0 Å². The standard InChI is InChI=1S/C23H28/c1-4-10-17-13-9-15-22(20(17)11-5-2)23-16-18-12-7-8-14-21(18)19(23)6-3/h7-9,12-15H,4-6,10-11,16H2,1-3H3. The molecule has 0 saturated heterocycles. The molecule has 0 heterocycles. The molecule has 0 spiro atoms. The van der Waals surface area contributed by atoms with Gasteiger partial charge in [-0.15, -0.1) is 0 Å². The third-order valence-electron chi connectivity index (χ3n) is 5.05. The van der Waals surface area contributed by atoms with E-state index in [1.54, 1.807) is 22.3 Å². The maximum atomic E-state index is 2.36. The summed E-state index contributed by atoms with van der Waals surface area (Å²) in [6, 6.07) is 15.9. The van der Waals surface area contributed by atoms with Crippen LogP contribution in [0.2, 0.25) is 0 Å². The molecule has 0 bridgehead atoms. The van der Waals surface area contributed by atoms with Crippen molar-refractivity contribution in [2.75, 3.05) is 0 Å². The Morgan fingerprint density at radius 3 is 2.26 bits per heavy atom. The summed E-state index contributed by atoms with van der Waals surface area (Å²) in [5.41, 5.74) is 10.8. The van der Waals surface area contributed by atoms with E-state index in [1.807, 2.05) is 0 Å². The summed E-state index contributed by atoms with van der Waals surface area (Å²) in [6.07, 6.45) is 7.06. The lowest BCUT2D eigenvalue weighted by molar-refractivity contribution is 0.858. The Morgan fingerprint density at radius 2 is 1.52 bits per heavy atom.